The van der Waals surface area contributed by atoms with Gasteiger partial charge in [-0.25, -0.2) is 0 Å². The minimum atomic E-state index is -0.354. The Hall–Kier alpha value is -1.62. The Balaban J connectivity index is 2.52. The molecule has 0 radical (unpaired) electrons. The summed E-state index contributed by atoms with van der Waals surface area (Å²) in [5.41, 5.74) is 7.03. The minimum absolute atomic E-state index is 0.186. The molecule has 2 rings (SSSR count). The summed E-state index contributed by atoms with van der Waals surface area (Å²) in [5.74, 6) is -0.354. The number of nitrogens with two attached hydrogens (primary N) is 1. The van der Waals surface area contributed by atoms with Crippen LogP contribution in [-0.2, 0) is 4.79 Å². The van der Waals surface area contributed by atoms with Gasteiger partial charge in [-0.3, -0.25) is 9.78 Å². The number of primary amides is 1. The largest absolute Gasteiger partial charge is 0.368 e. The highest BCUT2D eigenvalue weighted by Crippen LogP contribution is 2.27. The number of carbonyl (C=O) groups is 1. The van der Waals surface area contributed by atoms with Gasteiger partial charge in [-0.15, -0.1) is 0 Å². The van der Waals surface area contributed by atoms with Crippen molar-refractivity contribution in [1.29, 1.82) is 0 Å². The van der Waals surface area contributed by atoms with Crippen molar-refractivity contribution in [1.82, 2.24) is 4.98 Å². The molecule has 2 N–H and O–H groups in total. The van der Waals surface area contributed by atoms with E-state index in [1.54, 1.807) is 6.20 Å². The van der Waals surface area contributed by atoms with Gasteiger partial charge >= 0.3 is 0 Å². The van der Waals surface area contributed by atoms with Gasteiger partial charge in [-0.05, 0) is 24.3 Å². The van der Waals surface area contributed by atoms with Gasteiger partial charge in [0.2, 0.25) is 5.91 Å². The zero-order valence-corrected chi connectivity index (χ0v) is 10.9. The van der Waals surface area contributed by atoms with Crippen molar-refractivity contribution in [2.24, 2.45) is 5.73 Å². The van der Waals surface area contributed by atoms with Crippen molar-refractivity contribution in [3.05, 3.63) is 34.9 Å². The fraction of sp³-hybridized carbons (Fsp3) is 0.167. The molecule has 0 unspecified atom stereocenters. The van der Waals surface area contributed by atoms with Crippen LogP contribution in [0.2, 0.25) is 0 Å². The van der Waals surface area contributed by atoms with E-state index in [4.69, 9.17) is 5.73 Å². The SMILES string of the molecule is CN(CC(N)=O)c1ccnc2ccc(Br)cc12. The maximum atomic E-state index is 10.9. The summed E-state index contributed by atoms with van der Waals surface area (Å²) in [6, 6.07) is 7.72. The van der Waals surface area contributed by atoms with Crippen molar-refractivity contribution in [2.75, 3.05) is 18.5 Å². The highest BCUT2D eigenvalue weighted by Gasteiger charge is 2.09. The van der Waals surface area contributed by atoms with Gasteiger partial charge in [0, 0.05) is 28.8 Å². The lowest BCUT2D eigenvalue weighted by atomic mass is 10.2. The van der Waals surface area contributed by atoms with Crippen LogP contribution >= 0.6 is 15.9 Å². The zero-order chi connectivity index (χ0) is 12.4. The molecule has 1 heterocycles. The highest BCUT2D eigenvalue weighted by molar-refractivity contribution is 9.10. The smallest absolute Gasteiger partial charge is 0.236 e. The number of hydrogen-bond donors (Lipinski definition) is 1. The number of halogens is 1. The third-order valence-electron chi connectivity index (χ3n) is 2.48. The molecule has 0 spiro atoms. The van der Waals surface area contributed by atoms with Crippen LogP contribution in [0.5, 0.6) is 0 Å². The first kappa shape index (κ1) is 11.9. The number of amides is 1. The number of hydrogen-bond acceptors (Lipinski definition) is 3. The summed E-state index contributed by atoms with van der Waals surface area (Å²) in [6.07, 6.45) is 1.73. The Kier molecular flexibility index (Phi) is 3.28. The van der Waals surface area contributed by atoms with Gasteiger partial charge in [0.25, 0.3) is 0 Å². The van der Waals surface area contributed by atoms with E-state index in [0.29, 0.717) is 0 Å². The number of nitrogens with zero attached hydrogens (tertiary/aromatic N) is 2. The normalized spacial score (nSPS) is 10.5. The summed E-state index contributed by atoms with van der Waals surface area (Å²) >= 11 is 3.43. The summed E-state index contributed by atoms with van der Waals surface area (Å²) in [6.45, 7) is 0.186. The Morgan fingerprint density at radius 2 is 2.24 bits per heavy atom. The lowest BCUT2D eigenvalue weighted by Crippen LogP contribution is -2.30. The van der Waals surface area contributed by atoms with E-state index in [1.807, 2.05) is 36.2 Å². The van der Waals surface area contributed by atoms with E-state index >= 15 is 0 Å². The number of aromatic nitrogens is 1. The zero-order valence-electron chi connectivity index (χ0n) is 9.35. The minimum Gasteiger partial charge on any atom is -0.368 e. The first-order chi connectivity index (χ1) is 8.08. The molecule has 0 aliphatic carbocycles. The fourth-order valence-electron chi connectivity index (χ4n) is 1.76. The average Bonchev–Trinajstić information content (AvgIpc) is 2.27. The van der Waals surface area contributed by atoms with Crippen LogP contribution in [0.25, 0.3) is 10.9 Å². The fourth-order valence-corrected chi connectivity index (χ4v) is 2.12. The molecule has 17 heavy (non-hydrogen) atoms. The van der Waals surface area contributed by atoms with Crippen LogP contribution in [0.3, 0.4) is 0 Å². The lowest BCUT2D eigenvalue weighted by Gasteiger charge is -2.19. The molecule has 5 heteroatoms. The van der Waals surface area contributed by atoms with Crippen molar-refractivity contribution >= 4 is 38.4 Å². The molecule has 2 aromatic rings. The van der Waals surface area contributed by atoms with Gasteiger partial charge in [0.15, 0.2) is 0 Å². The Morgan fingerprint density at radius 3 is 2.94 bits per heavy atom. The summed E-state index contributed by atoms with van der Waals surface area (Å²) in [5, 5.41) is 0.991. The van der Waals surface area contributed by atoms with Gasteiger partial charge in [-0.2, -0.15) is 0 Å². The number of anilines is 1. The van der Waals surface area contributed by atoms with Gasteiger partial charge in [0.05, 0.1) is 12.1 Å². The van der Waals surface area contributed by atoms with E-state index in [0.717, 1.165) is 21.1 Å². The first-order valence-corrected chi connectivity index (χ1v) is 5.91. The van der Waals surface area contributed by atoms with Gasteiger partial charge in [0.1, 0.15) is 0 Å². The average molecular weight is 294 g/mol. The molecule has 0 saturated heterocycles. The second-order valence-corrected chi connectivity index (χ2v) is 4.73. The molecule has 0 aliphatic heterocycles. The molecule has 0 atom stereocenters. The Morgan fingerprint density at radius 1 is 1.47 bits per heavy atom. The predicted molar refractivity (Wildman–Crippen MR) is 71.9 cm³/mol. The van der Waals surface area contributed by atoms with E-state index < -0.39 is 0 Å². The molecule has 1 aromatic carbocycles. The second-order valence-electron chi connectivity index (χ2n) is 3.81. The number of pyridine rings is 1. The van der Waals surface area contributed by atoms with Crippen molar-refractivity contribution in [3.63, 3.8) is 0 Å². The van der Waals surface area contributed by atoms with Crippen molar-refractivity contribution in [2.45, 2.75) is 0 Å². The Bertz CT molecular complexity index is 571. The standard InChI is InChI=1S/C12H12BrN3O/c1-16(7-12(14)17)11-4-5-15-10-3-2-8(13)6-9(10)11/h2-6H,7H2,1H3,(H2,14,17). The third-order valence-corrected chi connectivity index (χ3v) is 2.98. The third kappa shape index (κ3) is 2.55. The molecular weight excluding hydrogens is 282 g/mol. The van der Waals surface area contributed by atoms with Gasteiger partial charge < -0.3 is 10.6 Å². The predicted octanol–water partition coefficient (Wildman–Crippen LogP) is 1.92. The number of carbonyl (C=O) groups excluding carboxylic acids is 1. The van der Waals surface area contributed by atoms with E-state index in [9.17, 15) is 4.79 Å². The maximum absolute atomic E-state index is 10.9. The molecule has 0 bridgehead atoms. The number of rotatable bonds is 3. The molecular formula is C12H12BrN3O. The molecule has 88 valence electrons. The van der Waals surface area contributed by atoms with E-state index in [2.05, 4.69) is 20.9 Å². The number of fused-ring (bicyclic) bond motifs is 1. The summed E-state index contributed by atoms with van der Waals surface area (Å²) in [7, 11) is 1.83. The monoisotopic (exact) mass is 293 g/mol. The lowest BCUT2D eigenvalue weighted by molar-refractivity contribution is -0.116. The molecule has 0 saturated carbocycles. The van der Waals surface area contributed by atoms with E-state index in [-0.39, 0.29) is 12.5 Å². The van der Waals surface area contributed by atoms with Crippen LogP contribution in [0, 0.1) is 0 Å². The van der Waals surface area contributed by atoms with Crippen LogP contribution in [0.15, 0.2) is 34.9 Å². The van der Waals surface area contributed by atoms with Crippen LogP contribution < -0.4 is 10.6 Å². The molecule has 0 aliphatic rings. The summed E-state index contributed by atoms with van der Waals surface area (Å²) in [4.78, 5) is 17.0. The second kappa shape index (κ2) is 4.71. The molecule has 1 aromatic heterocycles. The van der Waals surface area contributed by atoms with Crippen LogP contribution in [0.1, 0.15) is 0 Å². The van der Waals surface area contributed by atoms with Crippen molar-refractivity contribution in [3.8, 4) is 0 Å². The maximum Gasteiger partial charge on any atom is 0.236 e. The Labute approximate surface area is 108 Å². The summed E-state index contributed by atoms with van der Waals surface area (Å²) < 4.78 is 0.978. The topological polar surface area (TPSA) is 59.2 Å². The van der Waals surface area contributed by atoms with E-state index in [1.165, 1.54) is 0 Å². The molecule has 0 fully saturated rings. The van der Waals surface area contributed by atoms with Crippen molar-refractivity contribution < 1.29 is 4.79 Å². The number of likely N-dealkylation sites (N-methyl/N-ethyl adjacent to an activating group) is 1. The quantitative estimate of drug-likeness (QED) is 0.941. The first-order valence-electron chi connectivity index (χ1n) is 5.11. The highest BCUT2D eigenvalue weighted by atomic mass is 79.9. The molecule has 1 amide bonds. The van der Waals surface area contributed by atoms with Crippen LogP contribution in [0.4, 0.5) is 5.69 Å². The number of benzene rings is 1. The van der Waals surface area contributed by atoms with Gasteiger partial charge in [-0.1, -0.05) is 15.9 Å². The van der Waals surface area contributed by atoms with Crippen LogP contribution in [-0.4, -0.2) is 24.5 Å². The molecule has 4 nitrogen and oxygen atoms in total.